The Morgan fingerprint density at radius 2 is 1.55 bits per heavy atom. The summed E-state index contributed by atoms with van der Waals surface area (Å²) >= 11 is 0. The Balaban J connectivity index is 1.33. The third kappa shape index (κ3) is 6.25. The Morgan fingerprint density at radius 3 is 2.14 bits per heavy atom. The standard InChI is InChI=1S/C31H30F3N3O5/c32-31(33,34)26(16-27(38)39)35-28(40)30(14-15-37(19-30)17-20-8-2-1-3-9-20)36-29(41)42-18-25-23-12-6-4-10-21(23)22-11-5-7-13-24(22)25/h1-13,25-26H,14-19H2,(H,35,40)(H,36,41)(H,38,39). The van der Waals surface area contributed by atoms with Gasteiger partial charge in [0.25, 0.3) is 0 Å². The quantitative estimate of drug-likeness (QED) is 0.339. The molecule has 42 heavy (non-hydrogen) atoms. The van der Waals surface area contributed by atoms with Gasteiger partial charge in [-0.15, -0.1) is 0 Å². The molecule has 3 N–H and O–H groups in total. The van der Waals surface area contributed by atoms with E-state index in [4.69, 9.17) is 9.84 Å². The van der Waals surface area contributed by atoms with Crippen molar-refractivity contribution in [3.05, 3.63) is 95.6 Å². The highest BCUT2D eigenvalue weighted by atomic mass is 19.4. The first-order valence-electron chi connectivity index (χ1n) is 13.5. The molecule has 11 heteroatoms. The molecule has 8 nitrogen and oxygen atoms in total. The smallest absolute Gasteiger partial charge is 0.409 e. The van der Waals surface area contributed by atoms with Gasteiger partial charge in [0.1, 0.15) is 18.2 Å². The van der Waals surface area contributed by atoms with E-state index in [0.29, 0.717) is 13.1 Å². The van der Waals surface area contributed by atoms with Crippen molar-refractivity contribution >= 4 is 18.0 Å². The first-order chi connectivity index (χ1) is 20.1. The first kappa shape index (κ1) is 29.1. The van der Waals surface area contributed by atoms with Gasteiger partial charge in [-0.1, -0.05) is 78.9 Å². The van der Waals surface area contributed by atoms with Gasteiger partial charge in [0, 0.05) is 25.6 Å². The molecule has 1 fully saturated rings. The topological polar surface area (TPSA) is 108 Å². The van der Waals surface area contributed by atoms with E-state index in [1.165, 1.54) is 0 Å². The van der Waals surface area contributed by atoms with Crippen LogP contribution in [0.1, 0.15) is 35.4 Å². The van der Waals surface area contributed by atoms with Gasteiger partial charge >= 0.3 is 18.2 Å². The van der Waals surface area contributed by atoms with Crippen molar-refractivity contribution < 1.29 is 37.4 Å². The lowest BCUT2D eigenvalue weighted by molar-refractivity contribution is -0.171. The van der Waals surface area contributed by atoms with Gasteiger partial charge in [0.2, 0.25) is 5.91 Å². The van der Waals surface area contributed by atoms with Crippen LogP contribution in [0.5, 0.6) is 0 Å². The van der Waals surface area contributed by atoms with Gasteiger partial charge in [-0.3, -0.25) is 14.5 Å². The van der Waals surface area contributed by atoms with Gasteiger partial charge in [-0.05, 0) is 34.2 Å². The number of alkyl carbamates (subject to hydrolysis) is 1. The van der Waals surface area contributed by atoms with Crippen LogP contribution < -0.4 is 10.6 Å². The van der Waals surface area contributed by atoms with Crippen molar-refractivity contribution in [1.82, 2.24) is 15.5 Å². The second-order valence-corrected chi connectivity index (χ2v) is 10.6. The zero-order chi connectivity index (χ0) is 29.9. The average molecular weight is 582 g/mol. The van der Waals surface area contributed by atoms with Crippen molar-refractivity contribution in [3.8, 4) is 11.1 Å². The molecule has 2 amide bonds. The van der Waals surface area contributed by atoms with Crippen LogP contribution in [0.4, 0.5) is 18.0 Å². The lowest BCUT2D eigenvalue weighted by Crippen LogP contribution is -2.63. The maximum atomic E-state index is 13.6. The number of amides is 2. The summed E-state index contributed by atoms with van der Waals surface area (Å²) in [7, 11) is 0. The monoisotopic (exact) mass is 581 g/mol. The molecule has 2 atom stereocenters. The summed E-state index contributed by atoms with van der Waals surface area (Å²) in [6.07, 6.45) is -7.28. The van der Waals surface area contributed by atoms with Crippen molar-refractivity contribution in [2.75, 3.05) is 19.7 Å². The van der Waals surface area contributed by atoms with Crippen LogP contribution in [0, 0.1) is 0 Å². The summed E-state index contributed by atoms with van der Waals surface area (Å²) in [5.74, 6) is -3.08. The van der Waals surface area contributed by atoms with Gasteiger partial charge in [0.05, 0.1) is 6.42 Å². The van der Waals surface area contributed by atoms with E-state index >= 15 is 0 Å². The molecular formula is C31H30F3N3O5. The first-order valence-corrected chi connectivity index (χ1v) is 13.5. The number of benzene rings is 3. The van der Waals surface area contributed by atoms with Crippen LogP contribution in [0.25, 0.3) is 11.1 Å². The fraction of sp³-hybridized carbons (Fsp3) is 0.323. The number of halogens is 3. The molecule has 3 aromatic carbocycles. The highest BCUT2D eigenvalue weighted by Gasteiger charge is 2.50. The maximum Gasteiger partial charge on any atom is 0.409 e. The molecule has 5 rings (SSSR count). The number of fused-ring (bicyclic) bond motifs is 3. The largest absolute Gasteiger partial charge is 0.481 e. The van der Waals surface area contributed by atoms with Gasteiger partial charge in [-0.25, -0.2) is 4.79 Å². The Hall–Kier alpha value is -4.38. The summed E-state index contributed by atoms with van der Waals surface area (Å²) < 4.78 is 46.4. The predicted octanol–water partition coefficient (Wildman–Crippen LogP) is 4.69. The summed E-state index contributed by atoms with van der Waals surface area (Å²) in [5.41, 5.74) is 3.18. The number of carboxylic acid groups (broad SMARTS) is 1. The average Bonchev–Trinajstić information content (AvgIpc) is 3.50. The number of carboxylic acids is 1. The molecule has 3 aromatic rings. The number of hydrogen-bond acceptors (Lipinski definition) is 5. The lowest BCUT2D eigenvalue weighted by Gasteiger charge is -2.31. The van der Waals surface area contributed by atoms with Crippen LogP contribution in [0.3, 0.4) is 0 Å². The molecule has 220 valence electrons. The Morgan fingerprint density at radius 1 is 0.952 bits per heavy atom. The van der Waals surface area contributed by atoms with E-state index in [-0.39, 0.29) is 25.5 Å². The second-order valence-electron chi connectivity index (χ2n) is 10.6. The van der Waals surface area contributed by atoms with E-state index in [1.807, 2.05) is 89.1 Å². The third-order valence-electron chi connectivity index (χ3n) is 7.80. The van der Waals surface area contributed by atoms with Crippen LogP contribution in [0.2, 0.25) is 0 Å². The van der Waals surface area contributed by atoms with E-state index in [0.717, 1.165) is 27.8 Å². The highest BCUT2D eigenvalue weighted by molar-refractivity contribution is 5.91. The normalized spacial score (nSPS) is 19.0. The molecule has 0 aromatic heterocycles. The molecule has 1 saturated heterocycles. The molecule has 1 aliphatic carbocycles. The number of carbonyl (C=O) groups excluding carboxylic acids is 2. The Kier molecular flexibility index (Phi) is 8.22. The number of nitrogens with zero attached hydrogens (tertiary/aromatic N) is 1. The summed E-state index contributed by atoms with van der Waals surface area (Å²) in [6.45, 7) is 0.576. The molecular weight excluding hydrogens is 551 g/mol. The van der Waals surface area contributed by atoms with Crippen LogP contribution in [-0.4, -0.2) is 65.4 Å². The Bertz CT molecular complexity index is 1420. The van der Waals surface area contributed by atoms with E-state index in [2.05, 4.69) is 5.32 Å². The molecule has 1 aliphatic heterocycles. The number of likely N-dealkylation sites (tertiary alicyclic amines) is 1. The number of hydrogen-bond donors (Lipinski definition) is 3. The molecule has 0 saturated carbocycles. The SMILES string of the molecule is O=C(O)CC(NC(=O)C1(NC(=O)OCC2c3ccccc3-c3ccccc32)CCN(Cc2ccccc2)C1)C(F)(F)F. The maximum absolute atomic E-state index is 13.6. The highest BCUT2D eigenvalue weighted by Crippen LogP contribution is 2.44. The summed E-state index contributed by atoms with van der Waals surface area (Å²) in [6, 6.07) is 22.2. The van der Waals surface area contributed by atoms with Crippen molar-refractivity contribution in [2.24, 2.45) is 0 Å². The van der Waals surface area contributed by atoms with E-state index in [1.54, 1.807) is 0 Å². The molecule has 0 bridgehead atoms. The third-order valence-corrected chi connectivity index (χ3v) is 7.80. The van der Waals surface area contributed by atoms with E-state index < -0.39 is 42.1 Å². The summed E-state index contributed by atoms with van der Waals surface area (Å²) in [5, 5.41) is 13.4. The number of rotatable bonds is 9. The number of alkyl halides is 3. The van der Waals surface area contributed by atoms with Crippen molar-refractivity contribution in [3.63, 3.8) is 0 Å². The minimum Gasteiger partial charge on any atom is -0.481 e. The molecule has 2 unspecified atom stereocenters. The van der Waals surface area contributed by atoms with E-state index in [9.17, 15) is 27.6 Å². The molecule has 1 heterocycles. The van der Waals surface area contributed by atoms with Gasteiger partial charge in [0.15, 0.2) is 0 Å². The fourth-order valence-corrected chi connectivity index (χ4v) is 5.76. The Labute approximate surface area is 240 Å². The van der Waals surface area contributed by atoms with Crippen LogP contribution in [-0.2, 0) is 20.9 Å². The summed E-state index contributed by atoms with van der Waals surface area (Å²) in [4.78, 5) is 39.5. The van der Waals surface area contributed by atoms with Gasteiger partial charge < -0.3 is 20.5 Å². The molecule has 0 radical (unpaired) electrons. The van der Waals surface area contributed by atoms with Gasteiger partial charge in [-0.2, -0.15) is 13.2 Å². The lowest BCUT2D eigenvalue weighted by atomic mass is 9.96. The minimum absolute atomic E-state index is 0.00745. The number of ether oxygens (including phenoxy) is 1. The number of aliphatic carboxylic acids is 1. The van der Waals surface area contributed by atoms with Crippen LogP contribution >= 0.6 is 0 Å². The zero-order valence-corrected chi connectivity index (χ0v) is 22.6. The number of carbonyl (C=O) groups is 3. The van der Waals surface area contributed by atoms with Crippen LogP contribution in [0.15, 0.2) is 78.9 Å². The van der Waals surface area contributed by atoms with Crippen molar-refractivity contribution in [1.29, 1.82) is 0 Å². The molecule has 0 spiro atoms. The minimum atomic E-state index is -5.00. The molecule has 2 aliphatic rings. The zero-order valence-electron chi connectivity index (χ0n) is 22.6. The number of nitrogens with one attached hydrogen (secondary N) is 2. The predicted molar refractivity (Wildman–Crippen MR) is 148 cm³/mol. The van der Waals surface area contributed by atoms with Crippen molar-refractivity contribution in [2.45, 2.75) is 43.1 Å². The second kappa shape index (κ2) is 11.8. The fourth-order valence-electron chi connectivity index (χ4n) is 5.76.